The zero-order valence-corrected chi connectivity index (χ0v) is 17.1. The van der Waals surface area contributed by atoms with E-state index >= 15 is 0 Å². The first-order valence-corrected chi connectivity index (χ1v) is 9.17. The predicted molar refractivity (Wildman–Crippen MR) is 104 cm³/mol. The van der Waals surface area contributed by atoms with Crippen LogP contribution in [0.3, 0.4) is 0 Å². The van der Waals surface area contributed by atoms with Gasteiger partial charge in [0.2, 0.25) is 5.60 Å². The van der Waals surface area contributed by atoms with E-state index in [0.29, 0.717) is 17.0 Å². The van der Waals surface area contributed by atoms with Crippen molar-refractivity contribution in [2.45, 2.75) is 37.6 Å². The lowest BCUT2D eigenvalue weighted by atomic mass is 9.93. The molecule has 0 unspecified atom stereocenters. The smallest absolute Gasteiger partial charge is 0.308 e. The number of aliphatic imine (C=N–C) groups is 1. The molecule has 1 aliphatic rings. The lowest BCUT2D eigenvalue weighted by molar-refractivity contribution is -0.155. The molecule has 0 amide bonds. The van der Waals surface area contributed by atoms with Gasteiger partial charge in [-0.2, -0.15) is 10.4 Å². The molecule has 2 aromatic rings. The van der Waals surface area contributed by atoms with Crippen LogP contribution in [0, 0.1) is 11.3 Å². The van der Waals surface area contributed by atoms with Gasteiger partial charge in [-0.1, -0.05) is 0 Å². The van der Waals surface area contributed by atoms with Crippen molar-refractivity contribution >= 4 is 29.6 Å². The van der Waals surface area contributed by atoms with Crippen molar-refractivity contribution in [1.29, 1.82) is 5.26 Å². The van der Waals surface area contributed by atoms with Crippen molar-refractivity contribution in [3.05, 3.63) is 24.2 Å². The number of carbonyl (C=O) groups excluding carboxylic acids is 2. The number of aromatic nitrogens is 3. The minimum atomic E-state index is -1.66. The Morgan fingerprint density at radius 3 is 2.90 bits per heavy atom. The number of rotatable bonds is 6. The molecule has 11 heteroatoms. The third-order valence-electron chi connectivity index (χ3n) is 4.60. The topological polar surface area (TPSA) is 131 Å². The molecule has 158 valence electrons. The summed E-state index contributed by atoms with van der Waals surface area (Å²) in [6.45, 7) is 1.25. The van der Waals surface area contributed by atoms with Gasteiger partial charge in [0, 0.05) is 27.4 Å². The van der Waals surface area contributed by atoms with Crippen LogP contribution >= 0.6 is 0 Å². The normalized spacial score (nSPS) is 23.4. The third kappa shape index (κ3) is 3.95. The summed E-state index contributed by atoms with van der Waals surface area (Å²) in [6, 6.07) is 5.50. The lowest BCUT2D eigenvalue weighted by Crippen LogP contribution is -2.39. The summed E-state index contributed by atoms with van der Waals surface area (Å²) in [5, 5.41) is 14.3. The fourth-order valence-electron chi connectivity index (χ4n) is 3.37. The highest BCUT2D eigenvalue weighted by molar-refractivity contribution is 5.72. The molecule has 0 aromatic carbocycles. The van der Waals surface area contributed by atoms with Gasteiger partial charge >= 0.3 is 11.9 Å². The van der Waals surface area contributed by atoms with E-state index in [-0.39, 0.29) is 12.8 Å². The molecule has 1 aliphatic heterocycles. The first-order valence-electron chi connectivity index (χ1n) is 9.17. The van der Waals surface area contributed by atoms with Gasteiger partial charge in [0.05, 0.1) is 31.7 Å². The minimum absolute atomic E-state index is 0.0750. The van der Waals surface area contributed by atoms with Gasteiger partial charge in [-0.3, -0.25) is 9.59 Å². The van der Waals surface area contributed by atoms with Crippen molar-refractivity contribution in [1.82, 2.24) is 19.5 Å². The average Bonchev–Trinajstić information content (AvgIpc) is 3.28. The fourth-order valence-corrected chi connectivity index (χ4v) is 3.37. The van der Waals surface area contributed by atoms with Gasteiger partial charge in [-0.05, 0) is 12.1 Å². The SMILES string of the molecule is COC(=O)C[C@@H]1C[C@@H](OC(C)=O)[C@](C#N)(c2ccc3c(N=CN(C)C)ncnn23)O1. The number of nitriles is 1. The van der Waals surface area contributed by atoms with Gasteiger partial charge in [-0.15, -0.1) is 0 Å². The molecule has 0 radical (unpaired) electrons. The Balaban J connectivity index is 2.08. The van der Waals surface area contributed by atoms with E-state index in [1.807, 2.05) is 14.1 Å². The number of methoxy groups -OCH3 is 1. The Kier molecular flexibility index (Phi) is 5.98. The monoisotopic (exact) mass is 414 g/mol. The van der Waals surface area contributed by atoms with Crippen LogP contribution in [0.5, 0.6) is 0 Å². The number of ether oxygens (including phenoxy) is 3. The Hall–Kier alpha value is -3.52. The molecule has 3 heterocycles. The minimum Gasteiger partial charge on any atom is -0.469 e. The largest absolute Gasteiger partial charge is 0.469 e. The summed E-state index contributed by atoms with van der Waals surface area (Å²) >= 11 is 0. The number of carbonyl (C=O) groups is 2. The van der Waals surface area contributed by atoms with Crippen LogP contribution in [0.15, 0.2) is 23.5 Å². The quantitative estimate of drug-likeness (QED) is 0.385. The number of hydrogen-bond donors (Lipinski definition) is 0. The molecule has 2 aromatic heterocycles. The zero-order valence-electron chi connectivity index (χ0n) is 17.1. The fraction of sp³-hybridized carbons (Fsp3) is 0.474. The summed E-state index contributed by atoms with van der Waals surface area (Å²) in [5.41, 5.74) is -0.766. The van der Waals surface area contributed by atoms with Crippen molar-refractivity contribution in [3.8, 4) is 6.07 Å². The van der Waals surface area contributed by atoms with Gasteiger partial charge in [0.1, 0.15) is 17.9 Å². The maximum Gasteiger partial charge on any atom is 0.308 e. The van der Waals surface area contributed by atoms with Gasteiger partial charge in [0.25, 0.3) is 0 Å². The van der Waals surface area contributed by atoms with Crippen LogP contribution in [0.2, 0.25) is 0 Å². The van der Waals surface area contributed by atoms with E-state index in [2.05, 4.69) is 21.1 Å². The lowest BCUT2D eigenvalue weighted by Gasteiger charge is -2.26. The van der Waals surface area contributed by atoms with Crippen molar-refractivity contribution in [3.63, 3.8) is 0 Å². The van der Waals surface area contributed by atoms with Crippen LogP contribution in [0.25, 0.3) is 5.52 Å². The second-order valence-corrected chi connectivity index (χ2v) is 7.01. The summed E-state index contributed by atoms with van der Waals surface area (Å²) in [5.74, 6) is -0.655. The molecule has 1 fully saturated rings. The first-order chi connectivity index (χ1) is 14.3. The molecule has 11 nitrogen and oxygen atoms in total. The molecular weight excluding hydrogens is 392 g/mol. The van der Waals surface area contributed by atoms with E-state index < -0.39 is 29.7 Å². The summed E-state index contributed by atoms with van der Waals surface area (Å²) in [7, 11) is 4.92. The van der Waals surface area contributed by atoms with Crippen LogP contribution in [-0.4, -0.2) is 71.2 Å². The maximum absolute atomic E-state index is 11.7. The van der Waals surface area contributed by atoms with E-state index in [4.69, 9.17) is 14.2 Å². The second-order valence-electron chi connectivity index (χ2n) is 7.01. The standard InChI is InChI=1S/C19H22N6O5/c1-12(26)29-16-7-13(8-17(27)28-4)30-19(16,9-20)15-6-5-14-18(22-11-24(2)3)21-10-23-25(14)15/h5-6,10-11,13,16H,7-8H2,1-4H3/t13-,16+,19-/m0/s1. The molecule has 1 saturated heterocycles. The van der Waals surface area contributed by atoms with E-state index in [9.17, 15) is 14.9 Å². The third-order valence-corrected chi connectivity index (χ3v) is 4.60. The highest BCUT2D eigenvalue weighted by atomic mass is 16.6. The van der Waals surface area contributed by atoms with E-state index in [1.165, 1.54) is 24.9 Å². The van der Waals surface area contributed by atoms with Crippen LogP contribution in [0.1, 0.15) is 25.5 Å². The molecule has 0 saturated carbocycles. The van der Waals surface area contributed by atoms with Crippen LogP contribution in [-0.2, 0) is 29.4 Å². The summed E-state index contributed by atoms with van der Waals surface area (Å²) in [4.78, 5) is 33.7. The first kappa shape index (κ1) is 21.2. The Morgan fingerprint density at radius 2 is 2.27 bits per heavy atom. The zero-order chi connectivity index (χ0) is 21.9. The Labute approximate surface area is 172 Å². The molecule has 0 spiro atoms. The molecular formula is C19H22N6O5. The number of hydrogen-bond acceptors (Lipinski definition) is 9. The summed E-state index contributed by atoms with van der Waals surface area (Å²) in [6.07, 6.45) is 1.39. The van der Waals surface area contributed by atoms with Gasteiger partial charge in [-0.25, -0.2) is 14.5 Å². The maximum atomic E-state index is 11.7. The van der Waals surface area contributed by atoms with Crippen molar-refractivity contribution < 1.29 is 23.8 Å². The van der Waals surface area contributed by atoms with E-state index in [1.54, 1.807) is 23.4 Å². The van der Waals surface area contributed by atoms with Crippen LogP contribution < -0.4 is 0 Å². The van der Waals surface area contributed by atoms with Gasteiger partial charge in [0.15, 0.2) is 11.9 Å². The molecule has 3 rings (SSSR count). The Morgan fingerprint density at radius 1 is 1.50 bits per heavy atom. The predicted octanol–water partition coefficient (Wildman–Crippen LogP) is 0.953. The second kappa shape index (κ2) is 8.46. The number of nitrogens with zero attached hydrogens (tertiary/aromatic N) is 6. The number of esters is 2. The Bertz CT molecular complexity index is 1030. The summed E-state index contributed by atoms with van der Waals surface area (Å²) < 4.78 is 17.6. The molecule has 3 atom stereocenters. The van der Waals surface area contributed by atoms with Gasteiger partial charge < -0.3 is 19.1 Å². The highest BCUT2D eigenvalue weighted by Crippen LogP contribution is 2.43. The molecule has 0 bridgehead atoms. The highest BCUT2D eigenvalue weighted by Gasteiger charge is 2.55. The average molecular weight is 414 g/mol. The molecule has 0 aliphatic carbocycles. The van der Waals surface area contributed by atoms with Crippen molar-refractivity contribution in [2.24, 2.45) is 4.99 Å². The molecule has 0 N–H and O–H groups in total. The van der Waals surface area contributed by atoms with Crippen molar-refractivity contribution in [2.75, 3.05) is 21.2 Å². The molecule has 30 heavy (non-hydrogen) atoms. The van der Waals surface area contributed by atoms with E-state index in [0.717, 1.165) is 0 Å². The number of fused-ring (bicyclic) bond motifs is 1. The van der Waals surface area contributed by atoms with Crippen LogP contribution in [0.4, 0.5) is 5.82 Å².